The van der Waals surface area contributed by atoms with Gasteiger partial charge in [0.1, 0.15) is 4.88 Å². The summed E-state index contributed by atoms with van der Waals surface area (Å²) in [5.74, 6) is -0.541. The summed E-state index contributed by atoms with van der Waals surface area (Å²) in [5.41, 5.74) is 7.25. The van der Waals surface area contributed by atoms with Crippen LogP contribution in [0.3, 0.4) is 0 Å². The molecular formula is C13H12N2O4S. The topological polar surface area (TPSA) is 95.5 Å². The Labute approximate surface area is 118 Å². The monoisotopic (exact) mass is 292 g/mol. The first kappa shape index (κ1) is 14.0. The molecule has 20 heavy (non-hydrogen) atoms. The molecule has 0 saturated carbocycles. The number of benzene rings is 1. The van der Waals surface area contributed by atoms with E-state index in [0.717, 1.165) is 11.3 Å². The molecule has 2 aromatic rings. The summed E-state index contributed by atoms with van der Waals surface area (Å²) >= 11 is 1.10. The van der Waals surface area contributed by atoms with Crippen LogP contribution in [0.25, 0.3) is 10.4 Å². The molecule has 0 spiro atoms. The minimum atomic E-state index is -0.541. The van der Waals surface area contributed by atoms with Crippen LogP contribution in [0.5, 0.6) is 0 Å². The number of carbonyl (C=O) groups is 1. The van der Waals surface area contributed by atoms with Crippen molar-refractivity contribution in [1.29, 1.82) is 0 Å². The summed E-state index contributed by atoms with van der Waals surface area (Å²) in [5, 5.41) is 11.1. The summed E-state index contributed by atoms with van der Waals surface area (Å²) < 4.78 is 4.66. The first-order valence-corrected chi connectivity index (χ1v) is 6.50. The van der Waals surface area contributed by atoms with E-state index in [1.165, 1.54) is 13.2 Å². The lowest BCUT2D eigenvalue weighted by atomic mass is 10.1. The van der Waals surface area contributed by atoms with Gasteiger partial charge in [0.05, 0.1) is 23.3 Å². The average molecular weight is 292 g/mol. The third-order valence-corrected chi connectivity index (χ3v) is 4.23. The molecular weight excluding hydrogens is 280 g/mol. The van der Waals surface area contributed by atoms with Crippen LogP contribution in [-0.4, -0.2) is 18.0 Å². The molecule has 0 bridgehead atoms. The number of nitrogens with two attached hydrogens (primary N) is 1. The van der Waals surface area contributed by atoms with E-state index in [9.17, 15) is 14.9 Å². The third kappa shape index (κ3) is 2.23. The molecule has 0 aliphatic rings. The van der Waals surface area contributed by atoms with Gasteiger partial charge in [0, 0.05) is 10.9 Å². The average Bonchev–Trinajstić information content (AvgIpc) is 2.74. The third-order valence-electron chi connectivity index (χ3n) is 2.91. The van der Waals surface area contributed by atoms with Crippen molar-refractivity contribution >= 4 is 28.7 Å². The molecule has 104 valence electrons. The summed E-state index contributed by atoms with van der Waals surface area (Å²) in [7, 11) is 1.27. The predicted octanol–water partition coefficient (Wildman–Crippen LogP) is 3.00. The number of nitro benzene ring substituents is 1. The lowest BCUT2D eigenvalue weighted by molar-refractivity contribution is -0.384. The van der Waals surface area contributed by atoms with Crippen molar-refractivity contribution in [2.24, 2.45) is 0 Å². The number of anilines is 1. The maximum Gasteiger partial charge on any atom is 0.350 e. The molecule has 7 heteroatoms. The van der Waals surface area contributed by atoms with Gasteiger partial charge in [-0.25, -0.2) is 4.79 Å². The number of ether oxygens (including phenoxy) is 1. The zero-order chi connectivity index (χ0) is 14.9. The van der Waals surface area contributed by atoms with E-state index in [1.807, 2.05) is 0 Å². The fraction of sp³-hybridized carbons (Fsp3) is 0.154. The summed E-state index contributed by atoms with van der Waals surface area (Å²) in [6.07, 6.45) is 0. The highest BCUT2D eigenvalue weighted by molar-refractivity contribution is 7.18. The van der Waals surface area contributed by atoms with Crippen molar-refractivity contribution in [2.75, 3.05) is 12.8 Å². The van der Waals surface area contributed by atoms with E-state index in [4.69, 9.17) is 5.73 Å². The standard InChI is InChI=1S/C13H12N2O4S/c1-7-10(14)12(13(16)19-2)20-11(7)8-5-3-4-6-9(8)15(17)18/h3-6H,14H2,1-2H3. The van der Waals surface area contributed by atoms with Crippen LogP contribution in [0.2, 0.25) is 0 Å². The quantitative estimate of drug-likeness (QED) is 0.533. The van der Waals surface area contributed by atoms with Gasteiger partial charge in [-0.05, 0) is 18.6 Å². The smallest absolute Gasteiger partial charge is 0.350 e. The number of nitrogens with zero attached hydrogens (tertiary/aromatic N) is 1. The Morgan fingerprint density at radius 2 is 2.05 bits per heavy atom. The first-order chi connectivity index (χ1) is 9.47. The minimum Gasteiger partial charge on any atom is -0.465 e. The van der Waals surface area contributed by atoms with Crippen LogP contribution in [0.15, 0.2) is 24.3 Å². The number of rotatable bonds is 3. The Hall–Kier alpha value is -2.41. The largest absolute Gasteiger partial charge is 0.465 e. The lowest BCUT2D eigenvalue weighted by Crippen LogP contribution is -2.01. The zero-order valence-corrected chi connectivity index (χ0v) is 11.7. The lowest BCUT2D eigenvalue weighted by Gasteiger charge is -2.01. The Bertz CT molecular complexity index is 694. The molecule has 0 aliphatic heterocycles. The van der Waals surface area contributed by atoms with E-state index >= 15 is 0 Å². The molecule has 6 nitrogen and oxygen atoms in total. The van der Waals surface area contributed by atoms with Crippen molar-refractivity contribution < 1.29 is 14.5 Å². The van der Waals surface area contributed by atoms with Gasteiger partial charge in [-0.15, -0.1) is 11.3 Å². The number of esters is 1. The summed E-state index contributed by atoms with van der Waals surface area (Å²) in [6, 6.07) is 6.35. The number of methoxy groups -OCH3 is 1. The molecule has 0 amide bonds. The van der Waals surface area contributed by atoms with E-state index in [-0.39, 0.29) is 10.6 Å². The molecule has 1 aromatic heterocycles. The number of para-hydroxylation sites is 1. The van der Waals surface area contributed by atoms with Crippen molar-refractivity contribution in [1.82, 2.24) is 0 Å². The minimum absolute atomic E-state index is 0.0201. The highest BCUT2D eigenvalue weighted by atomic mass is 32.1. The molecule has 2 rings (SSSR count). The van der Waals surface area contributed by atoms with Gasteiger partial charge in [0.15, 0.2) is 0 Å². The normalized spacial score (nSPS) is 10.3. The Morgan fingerprint density at radius 3 is 2.65 bits per heavy atom. The second-order valence-corrected chi connectivity index (χ2v) is 5.09. The van der Waals surface area contributed by atoms with Crippen molar-refractivity contribution in [2.45, 2.75) is 6.92 Å². The molecule has 0 unspecified atom stereocenters. The van der Waals surface area contributed by atoms with Gasteiger partial charge in [-0.2, -0.15) is 0 Å². The molecule has 0 radical (unpaired) electrons. The fourth-order valence-corrected chi connectivity index (χ4v) is 3.03. The molecule has 0 atom stereocenters. The molecule has 0 aliphatic carbocycles. The Morgan fingerprint density at radius 1 is 1.40 bits per heavy atom. The number of hydrogen-bond donors (Lipinski definition) is 1. The van der Waals surface area contributed by atoms with E-state index < -0.39 is 10.9 Å². The van der Waals surface area contributed by atoms with Gasteiger partial charge >= 0.3 is 5.97 Å². The molecule has 1 aromatic carbocycles. The van der Waals surface area contributed by atoms with E-state index in [0.29, 0.717) is 21.7 Å². The van der Waals surface area contributed by atoms with Gasteiger partial charge < -0.3 is 10.5 Å². The number of nitro groups is 1. The molecule has 0 fully saturated rings. The molecule has 1 heterocycles. The highest BCUT2D eigenvalue weighted by Crippen LogP contribution is 2.41. The second kappa shape index (κ2) is 5.30. The summed E-state index contributed by atoms with van der Waals surface area (Å²) in [4.78, 5) is 23.1. The maximum atomic E-state index is 11.6. The van der Waals surface area contributed by atoms with Gasteiger partial charge in [0.25, 0.3) is 5.69 Å². The number of hydrogen-bond acceptors (Lipinski definition) is 6. The van der Waals surface area contributed by atoms with Crippen LogP contribution in [-0.2, 0) is 4.74 Å². The number of nitrogen functional groups attached to an aromatic ring is 1. The van der Waals surface area contributed by atoms with E-state index in [1.54, 1.807) is 25.1 Å². The molecule has 0 saturated heterocycles. The number of carbonyl (C=O) groups excluding carboxylic acids is 1. The van der Waals surface area contributed by atoms with Gasteiger partial charge in [-0.1, -0.05) is 12.1 Å². The first-order valence-electron chi connectivity index (χ1n) is 5.68. The maximum absolute atomic E-state index is 11.6. The summed E-state index contributed by atoms with van der Waals surface area (Å²) in [6.45, 7) is 1.73. The van der Waals surface area contributed by atoms with Crippen molar-refractivity contribution in [3.8, 4) is 10.4 Å². The molecule has 2 N–H and O–H groups in total. The predicted molar refractivity (Wildman–Crippen MR) is 76.9 cm³/mol. The highest BCUT2D eigenvalue weighted by Gasteiger charge is 2.24. The van der Waals surface area contributed by atoms with Crippen LogP contribution >= 0.6 is 11.3 Å². The zero-order valence-electron chi connectivity index (χ0n) is 10.9. The van der Waals surface area contributed by atoms with Gasteiger partial charge in [-0.3, -0.25) is 10.1 Å². The second-order valence-electron chi connectivity index (χ2n) is 4.06. The Balaban J connectivity index is 2.66. The van der Waals surface area contributed by atoms with Crippen LogP contribution in [0.1, 0.15) is 15.2 Å². The van der Waals surface area contributed by atoms with Gasteiger partial charge in [0.2, 0.25) is 0 Å². The van der Waals surface area contributed by atoms with E-state index in [2.05, 4.69) is 4.74 Å². The van der Waals surface area contributed by atoms with Crippen LogP contribution in [0, 0.1) is 17.0 Å². The van der Waals surface area contributed by atoms with Crippen LogP contribution < -0.4 is 5.73 Å². The van der Waals surface area contributed by atoms with Crippen LogP contribution in [0.4, 0.5) is 11.4 Å². The SMILES string of the molecule is COC(=O)c1sc(-c2ccccc2[N+](=O)[O-])c(C)c1N. The Kier molecular flexibility index (Phi) is 3.71. The van der Waals surface area contributed by atoms with Crippen molar-refractivity contribution in [3.05, 3.63) is 44.8 Å². The number of thiophene rings is 1. The fourth-order valence-electron chi connectivity index (χ4n) is 1.85. The van der Waals surface area contributed by atoms with Crippen molar-refractivity contribution in [3.63, 3.8) is 0 Å².